The normalized spacial score (nSPS) is 22.3. The van der Waals surface area contributed by atoms with Gasteiger partial charge in [-0.05, 0) is 42.4 Å². The Labute approximate surface area is 97.9 Å². The predicted octanol–water partition coefficient (Wildman–Crippen LogP) is 2.76. The molecule has 0 bridgehead atoms. The highest BCUT2D eigenvalue weighted by atomic mass is 32.2. The second-order valence-electron chi connectivity index (χ2n) is 4.06. The topological polar surface area (TPSA) is 20.2 Å². The molecule has 0 spiro atoms. The van der Waals surface area contributed by atoms with E-state index in [1.807, 2.05) is 0 Å². The number of benzene rings is 1. The van der Waals surface area contributed by atoms with Crippen molar-refractivity contribution in [2.45, 2.75) is 30.6 Å². The highest BCUT2D eigenvalue weighted by molar-refractivity contribution is 8.00. The Kier molecular flexibility index (Phi) is 3.82. The third-order valence-corrected chi connectivity index (χ3v) is 4.33. The summed E-state index contributed by atoms with van der Waals surface area (Å²) in [7, 11) is 0. The summed E-state index contributed by atoms with van der Waals surface area (Å²) in [6, 6.07) is 3.37. The maximum Gasteiger partial charge on any atom is 0.126 e. The van der Waals surface area contributed by atoms with Crippen LogP contribution in [0, 0.1) is 11.6 Å². The third-order valence-electron chi connectivity index (χ3n) is 2.83. The second kappa shape index (κ2) is 5.15. The van der Waals surface area contributed by atoms with Gasteiger partial charge in [-0.1, -0.05) is 0 Å². The van der Waals surface area contributed by atoms with Gasteiger partial charge < -0.3 is 5.11 Å². The monoisotopic (exact) mass is 244 g/mol. The zero-order chi connectivity index (χ0) is 11.5. The van der Waals surface area contributed by atoms with E-state index >= 15 is 0 Å². The summed E-state index contributed by atoms with van der Waals surface area (Å²) < 4.78 is 26.3. The van der Waals surface area contributed by atoms with Gasteiger partial charge in [-0.15, -0.1) is 0 Å². The van der Waals surface area contributed by atoms with E-state index in [-0.39, 0.29) is 17.2 Å². The van der Waals surface area contributed by atoms with Gasteiger partial charge in [0.05, 0.1) is 6.10 Å². The summed E-state index contributed by atoms with van der Waals surface area (Å²) >= 11 is 1.71. The number of hydrogen-bond donors (Lipinski definition) is 1. The summed E-state index contributed by atoms with van der Waals surface area (Å²) in [6.45, 7) is 0. The van der Waals surface area contributed by atoms with Crippen LogP contribution in [0.25, 0.3) is 0 Å². The van der Waals surface area contributed by atoms with Crippen LogP contribution < -0.4 is 0 Å². The quantitative estimate of drug-likeness (QED) is 0.882. The lowest BCUT2D eigenvalue weighted by Gasteiger charge is -2.17. The van der Waals surface area contributed by atoms with E-state index in [1.165, 1.54) is 0 Å². The SMILES string of the molecule is OC(Cc1cc(F)ccc1F)C1CCCS1. The molecule has 0 aliphatic carbocycles. The van der Waals surface area contributed by atoms with E-state index in [4.69, 9.17) is 0 Å². The molecule has 1 fully saturated rings. The van der Waals surface area contributed by atoms with Gasteiger partial charge in [0.1, 0.15) is 11.6 Å². The van der Waals surface area contributed by atoms with E-state index < -0.39 is 17.7 Å². The molecule has 1 aliphatic heterocycles. The Hall–Kier alpha value is -0.610. The van der Waals surface area contributed by atoms with E-state index in [0.29, 0.717) is 0 Å². The lowest BCUT2D eigenvalue weighted by molar-refractivity contribution is 0.169. The molecule has 88 valence electrons. The summed E-state index contributed by atoms with van der Waals surface area (Å²) in [5.41, 5.74) is 0.264. The van der Waals surface area contributed by atoms with Crippen molar-refractivity contribution < 1.29 is 13.9 Å². The molecule has 2 unspecified atom stereocenters. The Bertz CT molecular complexity index is 364. The first-order valence-electron chi connectivity index (χ1n) is 5.40. The van der Waals surface area contributed by atoms with Crippen molar-refractivity contribution in [3.63, 3.8) is 0 Å². The zero-order valence-corrected chi connectivity index (χ0v) is 9.64. The fourth-order valence-electron chi connectivity index (χ4n) is 1.96. The molecule has 1 N–H and O–H groups in total. The van der Waals surface area contributed by atoms with Crippen LogP contribution in [-0.4, -0.2) is 22.2 Å². The average molecular weight is 244 g/mol. The van der Waals surface area contributed by atoms with Crippen LogP contribution in [0.3, 0.4) is 0 Å². The van der Waals surface area contributed by atoms with Crippen LogP contribution in [0.2, 0.25) is 0 Å². The molecule has 2 atom stereocenters. The van der Waals surface area contributed by atoms with Crippen LogP contribution in [0.1, 0.15) is 18.4 Å². The van der Waals surface area contributed by atoms with E-state index in [9.17, 15) is 13.9 Å². The molecule has 1 saturated heterocycles. The van der Waals surface area contributed by atoms with Crippen molar-refractivity contribution in [1.82, 2.24) is 0 Å². The molecule has 1 aliphatic rings. The summed E-state index contributed by atoms with van der Waals surface area (Å²) in [5, 5.41) is 10.1. The van der Waals surface area contributed by atoms with Gasteiger partial charge in [-0.2, -0.15) is 11.8 Å². The average Bonchev–Trinajstić information content (AvgIpc) is 2.76. The smallest absolute Gasteiger partial charge is 0.126 e. The number of rotatable bonds is 3. The summed E-state index contributed by atoms with van der Waals surface area (Å²) in [4.78, 5) is 0. The number of halogens is 2. The molecular formula is C12H14F2OS. The van der Waals surface area contributed by atoms with E-state index in [0.717, 1.165) is 36.8 Å². The molecule has 16 heavy (non-hydrogen) atoms. The summed E-state index contributed by atoms with van der Waals surface area (Å²) in [5.74, 6) is 0.152. The lowest BCUT2D eigenvalue weighted by atomic mass is 10.0. The molecule has 1 aromatic carbocycles. The van der Waals surface area contributed by atoms with Crippen LogP contribution in [0.4, 0.5) is 8.78 Å². The van der Waals surface area contributed by atoms with Crippen molar-refractivity contribution in [1.29, 1.82) is 0 Å². The molecule has 1 heterocycles. The fraction of sp³-hybridized carbons (Fsp3) is 0.500. The van der Waals surface area contributed by atoms with Crippen LogP contribution in [-0.2, 0) is 6.42 Å². The molecule has 4 heteroatoms. The number of aliphatic hydroxyl groups excluding tert-OH is 1. The van der Waals surface area contributed by atoms with Gasteiger partial charge in [0, 0.05) is 11.7 Å². The number of thioether (sulfide) groups is 1. The van der Waals surface area contributed by atoms with Crippen molar-refractivity contribution >= 4 is 11.8 Å². The van der Waals surface area contributed by atoms with E-state index in [2.05, 4.69) is 0 Å². The third kappa shape index (κ3) is 2.74. The van der Waals surface area contributed by atoms with Crippen LogP contribution in [0.15, 0.2) is 18.2 Å². The van der Waals surface area contributed by atoms with Gasteiger partial charge in [-0.25, -0.2) is 8.78 Å². The van der Waals surface area contributed by atoms with Crippen molar-refractivity contribution in [2.75, 3.05) is 5.75 Å². The first-order chi connectivity index (χ1) is 7.66. The Morgan fingerprint density at radius 2 is 2.25 bits per heavy atom. The van der Waals surface area contributed by atoms with Crippen molar-refractivity contribution in [3.05, 3.63) is 35.4 Å². The Morgan fingerprint density at radius 3 is 2.94 bits per heavy atom. The zero-order valence-electron chi connectivity index (χ0n) is 8.83. The largest absolute Gasteiger partial charge is 0.392 e. The molecular weight excluding hydrogens is 230 g/mol. The molecule has 1 nitrogen and oxygen atoms in total. The molecule has 1 aromatic rings. The lowest BCUT2D eigenvalue weighted by Crippen LogP contribution is -2.23. The van der Waals surface area contributed by atoms with Crippen LogP contribution in [0.5, 0.6) is 0 Å². The molecule has 2 rings (SSSR count). The van der Waals surface area contributed by atoms with E-state index in [1.54, 1.807) is 11.8 Å². The minimum absolute atomic E-state index is 0.169. The second-order valence-corrected chi connectivity index (χ2v) is 5.41. The first kappa shape index (κ1) is 11.9. The maximum atomic E-state index is 13.3. The number of hydrogen-bond acceptors (Lipinski definition) is 2. The molecule has 0 aromatic heterocycles. The highest BCUT2D eigenvalue weighted by Gasteiger charge is 2.24. The number of aliphatic hydroxyl groups is 1. The standard InChI is InChI=1S/C12H14F2OS/c13-9-3-4-10(14)8(6-9)7-11(15)12-2-1-5-16-12/h3-4,6,11-12,15H,1-2,5,7H2. The van der Waals surface area contributed by atoms with Crippen LogP contribution >= 0.6 is 11.8 Å². The highest BCUT2D eigenvalue weighted by Crippen LogP contribution is 2.30. The van der Waals surface area contributed by atoms with Crippen molar-refractivity contribution in [3.8, 4) is 0 Å². The van der Waals surface area contributed by atoms with Gasteiger partial charge in [0.2, 0.25) is 0 Å². The fourth-order valence-corrected chi connectivity index (χ4v) is 3.25. The minimum Gasteiger partial charge on any atom is -0.392 e. The predicted molar refractivity (Wildman–Crippen MR) is 61.5 cm³/mol. The molecule has 0 saturated carbocycles. The Balaban J connectivity index is 2.04. The van der Waals surface area contributed by atoms with Gasteiger partial charge in [0.15, 0.2) is 0 Å². The maximum absolute atomic E-state index is 13.3. The van der Waals surface area contributed by atoms with Crippen molar-refractivity contribution in [2.24, 2.45) is 0 Å². The molecule has 0 radical (unpaired) electrons. The summed E-state index contributed by atoms with van der Waals surface area (Å²) in [6.07, 6.45) is 1.67. The Morgan fingerprint density at radius 1 is 1.44 bits per heavy atom. The minimum atomic E-state index is -0.580. The van der Waals surface area contributed by atoms with Gasteiger partial charge in [-0.3, -0.25) is 0 Å². The first-order valence-corrected chi connectivity index (χ1v) is 6.45. The van der Waals surface area contributed by atoms with Gasteiger partial charge >= 0.3 is 0 Å². The molecule has 0 amide bonds. The van der Waals surface area contributed by atoms with Gasteiger partial charge in [0.25, 0.3) is 0 Å².